The zero-order valence-corrected chi connectivity index (χ0v) is 16.8. The second-order valence-electron chi connectivity index (χ2n) is 8.30. The van der Waals surface area contributed by atoms with Crippen LogP contribution in [0, 0.1) is 0 Å². The van der Waals surface area contributed by atoms with E-state index in [2.05, 4.69) is 0 Å². The smallest absolute Gasteiger partial charge is 0.187 e. The average molecular weight is 454 g/mol. The summed E-state index contributed by atoms with van der Waals surface area (Å²) in [6.07, 6.45) is -13.8. The van der Waals surface area contributed by atoms with Gasteiger partial charge in [0.15, 0.2) is 12.6 Å². The molecule has 3 rings (SSSR count). The molecule has 14 heteroatoms. The van der Waals surface area contributed by atoms with Crippen molar-refractivity contribution in [3.63, 3.8) is 0 Å². The van der Waals surface area contributed by atoms with Gasteiger partial charge in [-0.15, -0.1) is 0 Å². The molecule has 0 radical (unpaired) electrons. The highest BCUT2D eigenvalue weighted by atomic mass is 16.7. The van der Waals surface area contributed by atoms with Crippen LogP contribution in [0.5, 0.6) is 0 Å². The number of hydrogen-bond acceptors (Lipinski definition) is 14. The lowest BCUT2D eigenvalue weighted by atomic mass is 9.84. The lowest BCUT2D eigenvalue weighted by molar-refractivity contribution is -0.306. The molecule has 0 unspecified atom stereocenters. The molecule has 0 bridgehead atoms. The van der Waals surface area contributed by atoms with E-state index in [0.717, 1.165) is 0 Å². The zero-order valence-electron chi connectivity index (χ0n) is 16.8. The fourth-order valence-corrected chi connectivity index (χ4v) is 4.16. The van der Waals surface area contributed by atoms with E-state index in [1.54, 1.807) is 0 Å². The quantitative estimate of drug-likeness (QED) is 0.179. The number of rotatable bonds is 6. The summed E-state index contributed by atoms with van der Waals surface area (Å²) in [6.45, 7) is -0.673. The van der Waals surface area contributed by atoms with Gasteiger partial charge in [0.2, 0.25) is 0 Å². The maximum Gasteiger partial charge on any atom is 0.187 e. The number of hydrogen-bond donors (Lipinski definition) is 10. The van der Waals surface area contributed by atoms with E-state index in [9.17, 15) is 30.6 Å². The number of nitrogens with two attached hydrogens (primary N) is 4. The fourth-order valence-electron chi connectivity index (χ4n) is 4.16. The van der Waals surface area contributed by atoms with E-state index in [1.165, 1.54) is 0 Å². The maximum atomic E-state index is 10.6. The molecule has 3 aliphatic rings. The third-order valence-corrected chi connectivity index (χ3v) is 6.13. The topological polar surface area (TPSA) is 262 Å². The highest BCUT2D eigenvalue weighted by molar-refractivity contribution is 5.01. The van der Waals surface area contributed by atoms with E-state index in [-0.39, 0.29) is 13.0 Å². The summed E-state index contributed by atoms with van der Waals surface area (Å²) in [5.74, 6) is 0. The van der Waals surface area contributed by atoms with Gasteiger partial charge in [-0.2, -0.15) is 0 Å². The summed E-state index contributed by atoms with van der Waals surface area (Å²) >= 11 is 0. The van der Waals surface area contributed by atoms with Crippen LogP contribution < -0.4 is 22.9 Å². The normalized spacial score (nSPS) is 53.6. The van der Waals surface area contributed by atoms with E-state index < -0.39 is 92.2 Å². The van der Waals surface area contributed by atoms with Crippen molar-refractivity contribution in [3.8, 4) is 0 Å². The van der Waals surface area contributed by atoms with Crippen LogP contribution in [0.1, 0.15) is 6.42 Å². The standard InChI is InChI=1S/C17H34N4O10/c18-2-6-10(24)12(26)8(21)16(28-6)30-14-5(20)1-4(19)9(23)15(14)31-17-13(27)11(25)7(3-22)29-17/h4-17,22-27H,1-3,18-21H2/t4-,5+,6-,7+,8+,9-,10-,11-,12-,13+,14-,15-,16-,17-/m0/s1. The maximum absolute atomic E-state index is 10.6. The zero-order chi connectivity index (χ0) is 23.0. The van der Waals surface area contributed by atoms with Gasteiger partial charge in [0, 0.05) is 18.6 Å². The van der Waals surface area contributed by atoms with Crippen LogP contribution in [0.2, 0.25) is 0 Å². The first-order valence-electron chi connectivity index (χ1n) is 10.2. The van der Waals surface area contributed by atoms with Gasteiger partial charge in [0.1, 0.15) is 48.8 Å². The second-order valence-corrected chi connectivity index (χ2v) is 8.30. The average Bonchev–Trinajstić information content (AvgIpc) is 3.02. The van der Waals surface area contributed by atoms with Crippen LogP contribution in [-0.4, -0.2) is 129 Å². The lowest BCUT2D eigenvalue weighted by Crippen LogP contribution is -2.68. The van der Waals surface area contributed by atoms with Crippen LogP contribution in [0.15, 0.2) is 0 Å². The SMILES string of the molecule is NC[C@@H]1O[C@@H](O[C@@H]2[C@@H](O[C@@H]3O[C@H](CO)[C@H](O)[C@H]3O)[C@@H](O)[C@@H](N)C[C@H]2N)[C@H](N)[C@H](O)[C@H]1O. The molecule has 0 aromatic carbocycles. The van der Waals surface area contributed by atoms with Crippen molar-refractivity contribution in [2.24, 2.45) is 22.9 Å². The van der Waals surface area contributed by atoms with Gasteiger partial charge in [-0.25, -0.2) is 0 Å². The van der Waals surface area contributed by atoms with Gasteiger partial charge in [0.25, 0.3) is 0 Å². The summed E-state index contributed by atoms with van der Waals surface area (Å²) in [6, 6.07) is -2.72. The highest BCUT2D eigenvalue weighted by Crippen LogP contribution is 2.31. The molecule has 0 spiro atoms. The van der Waals surface area contributed by atoms with Gasteiger partial charge in [-0.3, -0.25) is 0 Å². The monoisotopic (exact) mass is 454 g/mol. The Balaban J connectivity index is 1.78. The van der Waals surface area contributed by atoms with Gasteiger partial charge < -0.3 is 72.5 Å². The third-order valence-electron chi connectivity index (χ3n) is 6.13. The van der Waals surface area contributed by atoms with Crippen LogP contribution in [-0.2, 0) is 18.9 Å². The van der Waals surface area contributed by atoms with Gasteiger partial charge in [-0.05, 0) is 6.42 Å². The summed E-state index contributed by atoms with van der Waals surface area (Å²) in [7, 11) is 0. The summed E-state index contributed by atoms with van der Waals surface area (Å²) in [5, 5.41) is 60.2. The first-order valence-corrected chi connectivity index (χ1v) is 10.2. The van der Waals surface area contributed by atoms with Gasteiger partial charge in [-0.1, -0.05) is 0 Å². The molecule has 31 heavy (non-hydrogen) atoms. The Bertz CT molecular complexity index is 591. The van der Waals surface area contributed by atoms with Crippen molar-refractivity contribution in [1.82, 2.24) is 0 Å². The Morgan fingerprint density at radius 2 is 1.29 bits per heavy atom. The molecule has 0 aromatic rings. The van der Waals surface area contributed by atoms with Gasteiger partial charge >= 0.3 is 0 Å². The van der Waals surface area contributed by atoms with Crippen LogP contribution in [0.25, 0.3) is 0 Å². The van der Waals surface area contributed by atoms with Crippen LogP contribution >= 0.6 is 0 Å². The molecule has 14 N–H and O–H groups in total. The van der Waals surface area contributed by atoms with Crippen molar-refractivity contribution in [2.75, 3.05) is 13.2 Å². The Labute approximate surface area is 178 Å². The third kappa shape index (κ3) is 4.87. The minimum Gasteiger partial charge on any atom is -0.394 e. The van der Waals surface area contributed by atoms with E-state index >= 15 is 0 Å². The Kier molecular flexibility index (Phi) is 8.21. The molecule has 1 aliphatic carbocycles. The second kappa shape index (κ2) is 10.1. The number of aliphatic hydroxyl groups is 6. The van der Waals surface area contributed by atoms with Crippen molar-refractivity contribution >= 4 is 0 Å². The molecule has 2 heterocycles. The Morgan fingerprint density at radius 3 is 1.87 bits per heavy atom. The molecule has 182 valence electrons. The Hall–Kier alpha value is -0.560. The fraction of sp³-hybridized carbons (Fsp3) is 1.00. The molecule has 2 aliphatic heterocycles. The summed E-state index contributed by atoms with van der Waals surface area (Å²) in [4.78, 5) is 0. The molecule has 0 amide bonds. The summed E-state index contributed by atoms with van der Waals surface area (Å²) in [5.41, 5.74) is 23.6. The largest absolute Gasteiger partial charge is 0.394 e. The molecule has 14 nitrogen and oxygen atoms in total. The predicted molar refractivity (Wildman–Crippen MR) is 102 cm³/mol. The first kappa shape index (κ1) is 25.1. The van der Waals surface area contributed by atoms with Crippen molar-refractivity contribution < 1.29 is 49.6 Å². The minimum absolute atomic E-state index is 0.114. The van der Waals surface area contributed by atoms with Gasteiger partial charge in [0.05, 0.1) is 18.8 Å². The lowest BCUT2D eigenvalue weighted by Gasteiger charge is -2.47. The molecular formula is C17H34N4O10. The van der Waals surface area contributed by atoms with Crippen LogP contribution in [0.4, 0.5) is 0 Å². The number of ether oxygens (including phenoxy) is 4. The molecule has 1 saturated carbocycles. The molecule has 2 saturated heterocycles. The van der Waals surface area contributed by atoms with E-state index in [0.29, 0.717) is 0 Å². The first-order chi connectivity index (χ1) is 14.6. The predicted octanol–water partition coefficient (Wildman–Crippen LogP) is -6.65. The van der Waals surface area contributed by atoms with Crippen molar-refractivity contribution in [1.29, 1.82) is 0 Å². The summed E-state index contributed by atoms with van der Waals surface area (Å²) < 4.78 is 22.5. The van der Waals surface area contributed by atoms with Crippen molar-refractivity contribution in [2.45, 2.75) is 92.1 Å². The molecule has 3 fully saturated rings. The number of aliphatic hydroxyl groups excluding tert-OH is 6. The molecule has 14 atom stereocenters. The highest BCUT2D eigenvalue weighted by Gasteiger charge is 2.52. The van der Waals surface area contributed by atoms with E-state index in [1.807, 2.05) is 0 Å². The Morgan fingerprint density at radius 1 is 0.710 bits per heavy atom. The molecule has 0 aromatic heterocycles. The molecular weight excluding hydrogens is 420 g/mol. The van der Waals surface area contributed by atoms with Crippen LogP contribution in [0.3, 0.4) is 0 Å². The van der Waals surface area contributed by atoms with E-state index in [4.69, 9.17) is 41.9 Å². The van der Waals surface area contributed by atoms with Crippen molar-refractivity contribution in [3.05, 3.63) is 0 Å². The minimum atomic E-state index is -1.51.